The third-order valence-electron chi connectivity index (χ3n) is 2.48. The lowest BCUT2D eigenvalue weighted by molar-refractivity contribution is -0.113. The maximum atomic E-state index is 13.0. The number of nitrogens with one attached hydrogen (secondary N) is 1. The van der Waals surface area contributed by atoms with E-state index in [9.17, 15) is 13.6 Å². The summed E-state index contributed by atoms with van der Waals surface area (Å²) in [6.07, 6.45) is 0. The van der Waals surface area contributed by atoms with Gasteiger partial charge in [-0.05, 0) is 30.3 Å². The summed E-state index contributed by atoms with van der Waals surface area (Å²) in [5, 5.41) is 2.43. The van der Waals surface area contributed by atoms with Gasteiger partial charge in [-0.3, -0.25) is 4.79 Å². The fraction of sp³-hybridized carbons (Fsp3) is 0.0714. The molecule has 0 spiro atoms. The number of halogens is 3. The smallest absolute Gasteiger partial charge is 0.234 e. The van der Waals surface area contributed by atoms with Gasteiger partial charge in [-0.1, -0.05) is 15.9 Å². The van der Waals surface area contributed by atoms with Gasteiger partial charge in [0, 0.05) is 26.8 Å². The molecule has 21 heavy (non-hydrogen) atoms. The van der Waals surface area contributed by atoms with Crippen molar-refractivity contribution in [2.24, 2.45) is 0 Å². The van der Waals surface area contributed by atoms with Gasteiger partial charge in [-0.25, -0.2) is 8.78 Å². The first-order chi connectivity index (χ1) is 9.94. The molecule has 0 aromatic heterocycles. The van der Waals surface area contributed by atoms with Gasteiger partial charge in [0.2, 0.25) is 5.91 Å². The highest BCUT2D eigenvalue weighted by molar-refractivity contribution is 9.10. The molecule has 3 nitrogen and oxygen atoms in total. The first-order valence-electron chi connectivity index (χ1n) is 5.88. The second kappa shape index (κ2) is 6.91. The Kier molecular flexibility index (Phi) is 5.19. The van der Waals surface area contributed by atoms with Gasteiger partial charge in [0.15, 0.2) is 0 Å². The molecule has 2 aromatic carbocycles. The summed E-state index contributed by atoms with van der Waals surface area (Å²) < 4.78 is 26.9. The highest BCUT2D eigenvalue weighted by Gasteiger charge is 2.08. The van der Waals surface area contributed by atoms with Crippen molar-refractivity contribution < 1.29 is 13.6 Å². The molecule has 0 aliphatic rings. The number of nitrogens with two attached hydrogens (primary N) is 1. The summed E-state index contributed by atoms with van der Waals surface area (Å²) >= 11 is 4.54. The topological polar surface area (TPSA) is 55.1 Å². The lowest BCUT2D eigenvalue weighted by atomic mass is 10.3. The van der Waals surface area contributed by atoms with Crippen molar-refractivity contribution in [3.05, 3.63) is 52.5 Å². The van der Waals surface area contributed by atoms with E-state index in [4.69, 9.17) is 5.73 Å². The molecule has 0 heterocycles. The number of thioether (sulfide) groups is 1. The van der Waals surface area contributed by atoms with Crippen molar-refractivity contribution in [3.8, 4) is 0 Å². The molecular weight excluding hydrogens is 362 g/mol. The van der Waals surface area contributed by atoms with Crippen molar-refractivity contribution in [1.29, 1.82) is 0 Å². The van der Waals surface area contributed by atoms with Crippen LogP contribution in [-0.2, 0) is 4.79 Å². The summed E-state index contributed by atoms with van der Waals surface area (Å²) in [7, 11) is 0. The zero-order valence-corrected chi connectivity index (χ0v) is 13.1. The second-order valence-corrected chi connectivity index (χ2v) is 6.11. The zero-order chi connectivity index (χ0) is 15.4. The summed E-state index contributed by atoms with van der Waals surface area (Å²) in [6, 6.07) is 8.20. The summed E-state index contributed by atoms with van der Waals surface area (Å²) in [4.78, 5) is 12.5. The van der Waals surface area contributed by atoms with Crippen LogP contribution in [0.1, 0.15) is 0 Å². The monoisotopic (exact) mass is 372 g/mol. The molecule has 2 rings (SSSR count). The number of carbonyl (C=O) groups excluding carboxylic acids is 1. The Hall–Kier alpha value is -1.60. The maximum Gasteiger partial charge on any atom is 0.234 e. The van der Waals surface area contributed by atoms with Crippen LogP contribution in [0.4, 0.5) is 20.2 Å². The van der Waals surface area contributed by atoms with Crippen LogP contribution < -0.4 is 11.1 Å². The maximum absolute atomic E-state index is 13.0. The third-order valence-corrected chi connectivity index (χ3v) is 4.06. The van der Waals surface area contributed by atoms with Crippen LogP contribution in [0.2, 0.25) is 0 Å². The van der Waals surface area contributed by atoms with Crippen LogP contribution in [-0.4, -0.2) is 11.7 Å². The Bertz CT molecular complexity index is 662. The molecule has 2 aromatic rings. The van der Waals surface area contributed by atoms with Crippen LogP contribution in [0.25, 0.3) is 0 Å². The normalized spacial score (nSPS) is 10.4. The van der Waals surface area contributed by atoms with E-state index in [0.717, 1.165) is 27.6 Å². The summed E-state index contributed by atoms with van der Waals surface area (Å²) in [6.45, 7) is 0. The van der Waals surface area contributed by atoms with E-state index in [0.29, 0.717) is 5.69 Å². The Morgan fingerprint density at radius 3 is 2.48 bits per heavy atom. The number of benzene rings is 2. The molecule has 0 fully saturated rings. The molecule has 0 bridgehead atoms. The minimum atomic E-state index is -0.741. The number of hydrogen-bond donors (Lipinski definition) is 2. The fourth-order valence-electron chi connectivity index (χ4n) is 1.62. The largest absolute Gasteiger partial charge is 0.398 e. The fourth-order valence-corrected chi connectivity index (χ4v) is 2.74. The predicted octanol–water partition coefficient (Wildman–Crippen LogP) is 4.04. The van der Waals surface area contributed by atoms with Crippen LogP contribution in [0.15, 0.2) is 45.8 Å². The van der Waals surface area contributed by atoms with Gasteiger partial charge in [0.05, 0.1) is 5.75 Å². The number of amides is 1. The van der Waals surface area contributed by atoms with Gasteiger partial charge >= 0.3 is 0 Å². The number of anilines is 2. The third kappa shape index (κ3) is 4.71. The Morgan fingerprint density at radius 2 is 1.86 bits per heavy atom. The van der Waals surface area contributed by atoms with E-state index in [1.165, 1.54) is 11.8 Å². The lowest BCUT2D eigenvalue weighted by Crippen LogP contribution is -2.14. The van der Waals surface area contributed by atoms with Crippen LogP contribution in [0.5, 0.6) is 0 Å². The molecule has 0 aliphatic heterocycles. The average molecular weight is 373 g/mol. The lowest BCUT2D eigenvalue weighted by Gasteiger charge is -2.07. The van der Waals surface area contributed by atoms with Crippen LogP contribution in [0, 0.1) is 11.6 Å². The Labute approximate surface area is 133 Å². The van der Waals surface area contributed by atoms with Gasteiger partial charge in [0.25, 0.3) is 0 Å². The van der Waals surface area contributed by atoms with Crippen molar-refractivity contribution in [3.63, 3.8) is 0 Å². The minimum Gasteiger partial charge on any atom is -0.398 e. The molecule has 0 aliphatic carbocycles. The molecule has 0 saturated heterocycles. The van der Waals surface area contributed by atoms with E-state index in [2.05, 4.69) is 21.2 Å². The second-order valence-electron chi connectivity index (χ2n) is 4.18. The zero-order valence-electron chi connectivity index (χ0n) is 10.7. The molecule has 7 heteroatoms. The number of nitrogen functional groups attached to an aromatic ring is 1. The van der Waals surface area contributed by atoms with Gasteiger partial charge in [-0.15, -0.1) is 11.8 Å². The van der Waals surface area contributed by atoms with Crippen molar-refractivity contribution in [2.45, 2.75) is 4.90 Å². The molecule has 0 unspecified atom stereocenters. The van der Waals surface area contributed by atoms with Gasteiger partial charge in [-0.2, -0.15) is 0 Å². The minimum absolute atomic E-state index is 0.0851. The molecule has 110 valence electrons. The molecule has 0 saturated carbocycles. The summed E-state index contributed by atoms with van der Waals surface area (Å²) in [5.74, 6) is -1.76. The molecule has 3 N–H and O–H groups in total. The first-order valence-corrected chi connectivity index (χ1v) is 7.65. The highest BCUT2D eigenvalue weighted by atomic mass is 79.9. The van der Waals surface area contributed by atoms with E-state index < -0.39 is 11.6 Å². The predicted molar refractivity (Wildman–Crippen MR) is 84.3 cm³/mol. The van der Waals surface area contributed by atoms with Crippen molar-refractivity contribution in [1.82, 2.24) is 0 Å². The first kappa shape index (κ1) is 15.8. The van der Waals surface area contributed by atoms with E-state index in [-0.39, 0.29) is 17.3 Å². The number of rotatable bonds is 4. The average Bonchev–Trinajstić information content (AvgIpc) is 2.36. The molecule has 0 atom stereocenters. The Morgan fingerprint density at radius 1 is 1.19 bits per heavy atom. The SMILES string of the molecule is Nc1cc(Br)ccc1SCC(=O)Nc1cc(F)cc(F)c1. The standard InChI is InChI=1S/C14H11BrF2N2OS/c15-8-1-2-13(12(18)3-8)21-7-14(20)19-11-5-9(16)4-10(17)6-11/h1-6H,7,18H2,(H,19,20). The van der Waals surface area contributed by atoms with E-state index >= 15 is 0 Å². The van der Waals surface area contributed by atoms with Gasteiger partial charge < -0.3 is 11.1 Å². The molecule has 1 amide bonds. The van der Waals surface area contributed by atoms with E-state index in [1.807, 2.05) is 6.07 Å². The highest BCUT2D eigenvalue weighted by Crippen LogP contribution is 2.27. The van der Waals surface area contributed by atoms with Crippen molar-refractivity contribution >= 4 is 45.0 Å². The summed E-state index contributed by atoms with van der Waals surface area (Å²) in [5.41, 5.74) is 6.46. The number of hydrogen-bond acceptors (Lipinski definition) is 3. The van der Waals surface area contributed by atoms with Crippen LogP contribution >= 0.6 is 27.7 Å². The molecular formula is C14H11BrF2N2OS. The van der Waals surface area contributed by atoms with Crippen LogP contribution in [0.3, 0.4) is 0 Å². The molecule has 0 radical (unpaired) electrons. The quantitative estimate of drug-likeness (QED) is 0.628. The van der Waals surface area contributed by atoms with Gasteiger partial charge in [0.1, 0.15) is 11.6 Å². The Balaban J connectivity index is 1.95. The van der Waals surface area contributed by atoms with Crippen molar-refractivity contribution in [2.75, 3.05) is 16.8 Å². The van der Waals surface area contributed by atoms with E-state index in [1.54, 1.807) is 12.1 Å². The number of carbonyl (C=O) groups is 1.